The lowest BCUT2D eigenvalue weighted by molar-refractivity contribution is -0.139. The number of rotatable bonds is 8. The average Bonchev–Trinajstić information content (AvgIpc) is 2.68. The van der Waals surface area contributed by atoms with E-state index in [1.807, 2.05) is 13.8 Å². The zero-order chi connectivity index (χ0) is 21.4. The van der Waals surface area contributed by atoms with Crippen molar-refractivity contribution in [3.8, 4) is 0 Å². The molecule has 1 aromatic carbocycles. The zero-order valence-electron chi connectivity index (χ0n) is 17.0. The van der Waals surface area contributed by atoms with Crippen LogP contribution in [0.2, 0.25) is 5.02 Å². The highest BCUT2D eigenvalue weighted by Crippen LogP contribution is 2.27. The van der Waals surface area contributed by atoms with E-state index in [-0.39, 0.29) is 17.5 Å². The zero-order valence-corrected chi connectivity index (χ0v) is 18.6. The Bertz CT molecular complexity index is 796. The molecule has 9 heteroatoms. The van der Waals surface area contributed by atoms with Crippen molar-refractivity contribution in [3.05, 3.63) is 29.3 Å². The minimum Gasteiger partial charge on any atom is -0.348 e. The fraction of sp³-hybridized carbons (Fsp3) is 0.600. The summed E-state index contributed by atoms with van der Waals surface area (Å²) in [4.78, 5) is 23.9. The van der Waals surface area contributed by atoms with Crippen LogP contribution in [0, 0.1) is 5.92 Å². The van der Waals surface area contributed by atoms with Crippen molar-refractivity contribution in [2.45, 2.75) is 56.9 Å². The fourth-order valence-electron chi connectivity index (χ4n) is 3.31. The van der Waals surface area contributed by atoms with Gasteiger partial charge >= 0.3 is 11.8 Å². The highest BCUT2D eigenvalue weighted by atomic mass is 35.5. The van der Waals surface area contributed by atoms with Gasteiger partial charge in [-0.1, -0.05) is 31.9 Å². The third-order valence-corrected chi connectivity index (χ3v) is 7.19. The largest absolute Gasteiger partial charge is 0.348 e. The molecule has 0 bridgehead atoms. The Kier molecular flexibility index (Phi) is 8.92. The van der Waals surface area contributed by atoms with Crippen molar-refractivity contribution in [1.82, 2.24) is 14.9 Å². The molecular weight excluding hydrogens is 414 g/mol. The number of halogens is 1. The number of hydrogen-bond acceptors (Lipinski definition) is 4. The minimum atomic E-state index is -3.63. The lowest BCUT2D eigenvalue weighted by Crippen LogP contribution is -2.46. The molecule has 2 rings (SSSR count). The number of sulfonamides is 1. The lowest BCUT2D eigenvalue weighted by Gasteiger charge is -2.34. The Morgan fingerprint density at radius 2 is 1.72 bits per heavy atom. The fourth-order valence-corrected chi connectivity index (χ4v) is 5.16. The quantitative estimate of drug-likeness (QED) is 0.603. The first-order valence-electron chi connectivity index (χ1n) is 10.0. The number of nitrogens with zero attached hydrogens (tertiary/aromatic N) is 1. The molecule has 0 saturated carbocycles. The van der Waals surface area contributed by atoms with E-state index in [0.717, 1.165) is 25.7 Å². The highest BCUT2D eigenvalue weighted by molar-refractivity contribution is 7.89. The van der Waals surface area contributed by atoms with E-state index in [1.54, 1.807) is 12.1 Å². The highest BCUT2D eigenvalue weighted by Gasteiger charge is 2.33. The first-order valence-corrected chi connectivity index (χ1v) is 11.9. The summed E-state index contributed by atoms with van der Waals surface area (Å²) in [6.07, 6.45) is 3.72. The second-order valence-corrected chi connectivity index (χ2v) is 10.0. The van der Waals surface area contributed by atoms with Crippen molar-refractivity contribution < 1.29 is 18.0 Å². The monoisotopic (exact) mass is 443 g/mol. The molecule has 2 N–H and O–H groups in total. The predicted octanol–water partition coefficient (Wildman–Crippen LogP) is 2.55. The number of piperidine rings is 1. The summed E-state index contributed by atoms with van der Waals surface area (Å²) in [5.41, 5.74) is 0. The van der Waals surface area contributed by atoms with Gasteiger partial charge in [-0.2, -0.15) is 4.31 Å². The predicted molar refractivity (Wildman–Crippen MR) is 113 cm³/mol. The van der Waals surface area contributed by atoms with Crippen LogP contribution in [0.5, 0.6) is 0 Å². The van der Waals surface area contributed by atoms with Crippen LogP contribution < -0.4 is 10.6 Å². The standard InChI is InChI=1S/C20H30ClN3O4S/c1-15(2)10-12-22-19(25)20(26)23-13-11-17-5-3-4-14-24(17)29(27,28)18-8-6-16(21)7-9-18/h6-9,15,17H,3-5,10-14H2,1-2H3,(H,22,25)(H,23,26)/t17-/m1/s1. The van der Waals surface area contributed by atoms with Gasteiger partial charge in [-0.3, -0.25) is 9.59 Å². The van der Waals surface area contributed by atoms with Crippen LogP contribution in [-0.4, -0.2) is 50.2 Å². The van der Waals surface area contributed by atoms with Gasteiger partial charge in [-0.15, -0.1) is 0 Å². The van der Waals surface area contributed by atoms with E-state index in [2.05, 4.69) is 10.6 Å². The summed E-state index contributed by atoms with van der Waals surface area (Å²) in [6.45, 7) is 5.23. The molecule has 0 aliphatic carbocycles. The van der Waals surface area contributed by atoms with Crippen LogP contribution >= 0.6 is 11.6 Å². The van der Waals surface area contributed by atoms with E-state index < -0.39 is 21.8 Å². The van der Waals surface area contributed by atoms with E-state index in [4.69, 9.17) is 11.6 Å². The molecule has 1 aliphatic heterocycles. The second kappa shape index (κ2) is 10.9. The van der Waals surface area contributed by atoms with E-state index in [0.29, 0.717) is 30.5 Å². The maximum Gasteiger partial charge on any atom is 0.309 e. The van der Waals surface area contributed by atoms with E-state index in [1.165, 1.54) is 16.4 Å². The number of amides is 2. The molecule has 0 unspecified atom stereocenters. The minimum absolute atomic E-state index is 0.211. The summed E-state index contributed by atoms with van der Waals surface area (Å²) in [5, 5.41) is 5.67. The normalized spacial score (nSPS) is 17.9. The number of benzene rings is 1. The molecule has 29 heavy (non-hydrogen) atoms. The summed E-state index contributed by atoms with van der Waals surface area (Å²) in [5.74, 6) is -0.894. The summed E-state index contributed by atoms with van der Waals surface area (Å²) in [6, 6.07) is 5.92. The van der Waals surface area contributed by atoms with Crippen LogP contribution in [0.15, 0.2) is 29.2 Å². The van der Waals surface area contributed by atoms with Crippen molar-refractivity contribution in [2.24, 2.45) is 5.92 Å². The van der Waals surface area contributed by atoms with Crippen LogP contribution in [-0.2, 0) is 19.6 Å². The number of hydrogen-bond donors (Lipinski definition) is 2. The first kappa shape index (κ1) is 23.6. The summed E-state index contributed by atoms with van der Waals surface area (Å²) < 4.78 is 27.5. The van der Waals surface area contributed by atoms with Crippen LogP contribution in [0.3, 0.4) is 0 Å². The van der Waals surface area contributed by atoms with Gasteiger partial charge in [-0.05, 0) is 55.9 Å². The molecule has 1 atom stereocenters. The SMILES string of the molecule is CC(C)CCNC(=O)C(=O)NCC[C@H]1CCCCN1S(=O)(=O)c1ccc(Cl)cc1. The molecule has 1 saturated heterocycles. The Hall–Kier alpha value is -1.64. The van der Waals surface area contributed by atoms with Crippen molar-refractivity contribution in [2.75, 3.05) is 19.6 Å². The Labute approximate surface area is 178 Å². The molecule has 162 valence electrons. The number of nitrogens with one attached hydrogen (secondary N) is 2. The molecule has 0 aromatic heterocycles. The van der Waals surface area contributed by atoms with Gasteiger partial charge in [-0.25, -0.2) is 8.42 Å². The molecule has 2 amide bonds. The molecule has 0 spiro atoms. The van der Waals surface area contributed by atoms with Gasteiger partial charge in [0.25, 0.3) is 0 Å². The summed E-state index contributed by atoms with van der Waals surface area (Å²) in [7, 11) is -3.63. The number of carbonyl (C=O) groups is 2. The van der Waals surface area contributed by atoms with Gasteiger partial charge in [0.1, 0.15) is 0 Å². The first-order chi connectivity index (χ1) is 13.7. The third-order valence-electron chi connectivity index (χ3n) is 4.97. The topological polar surface area (TPSA) is 95.6 Å². The van der Waals surface area contributed by atoms with Crippen LogP contribution in [0.4, 0.5) is 0 Å². The van der Waals surface area contributed by atoms with Gasteiger partial charge < -0.3 is 10.6 Å². The Morgan fingerprint density at radius 1 is 1.10 bits per heavy atom. The van der Waals surface area contributed by atoms with E-state index in [9.17, 15) is 18.0 Å². The second-order valence-electron chi connectivity index (χ2n) is 7.70. The molecular formula is C20H30ClN3O4S. The number of carbonyl (C=O) groups excluding carboxylic acids is 2. The molecule has 0 radical (unpaired) electrons. The Balaban J connectivity index is 1.90. The Morgan fingerprint density at radius 3 is 2.34 bits per heavy atom. The van der Waals surface area contributed by atoms with Crippen LogP contribution in [0.1, 0.15) is 46.0 Å². The molecule has 7 nitrogen and oxygen atoms in total. The van der Waals surface area contributed by atoms with Gasteiger partial charge in [0.15, 0.2) is 0 Å². The smallest absolute Gasteiger partial charge is 0.309 e. The summed E-state index contributed by atoms with van der Waals surface area (Å²) >= 11 is 5.87. The maximum absolute atomic E-state index is 13.0. The molecule has 1 fully saturated rings. The molecule has 1 aromatic rings. The van der Waals surface area contributed by atoms with Crippen molar-refractivity contribution in [1.29, 1.82) is 0 Å². The molecule has 1 aliphatic rings. The molecule has 1 heterocycles. The van der Waals surface area contributed by atoms with Gasteiger partial charge in [0.2, 0.25) is 10.0 Å². The van der Waals surface area contributed by atoms with Crippen LogP contribution in [0.25, 0.3) is 0 Å². The average molecular weight is 444 g/mol. The lowest BCUT2D eigenvalue weighted by atomic mass is 10.0. The van der Waals surface area contributed by atoms with Crippen molar-refractivity contribution in [3.63, 3.8) is 0 Å². The third kappa shape index (κ3) is 6.97. The van der Waals surface area contributed by atoms with Gasteiger partial charge in [0, 0.05) is 30.7 Å². The maximum atomic E-state index is 13.0. The van der Waals surface area contributed by atoms with Crippen molar-refractivity contribution >= 4 is 33.4 Å². The van der Waals surface area contributed by atoms with E-state index >= 15 is 0 Å². The van der Waals surface area contributed by atoms with Gasteiger partial charge in [0.05, 0.1) is 4.90 Å².